The number of hydrogen-bond donors (Lipinski definition) is 3. The highest BCUT2D eigenvalue weighted by molar-refractivity contribution is 7.80. The summed E-state index contributed by atoms with van der Waals surface area (Å²) in [6.07, 6.45) is 1.11. The third-order valence-electron chi connectivity index (χ3n) is 3.79. The summed E-state index contributed by atoms with van der Waals surface area (Å²) in [6.45, 7) is 2.48. The van der Waals surface area contributed by atoms with Gasteiger partial charge >= 0.3 is 0 Å². The zero-order chi connectivity index (χ0) is 19.6. The van der Waals surface area contributed by atoms with E-state index < -0.39 is 0 Å². The Morgan fingerprint density at radius 3 is 2.30 bits per heavy atom. The van der Waals surface area contributed by atoms with E-state index in [-0.39, 0.29) is 16.9 Å². The Morgan fingerprint density at radius 1 is 1.04 bits per heavy atom. The van der Waals surface area contributed by atoms with Gasteiger partial charge in [-0.3, -0.25) is 14.9 Å². The number of rotatable bonds is 7. The lowest BCUT2D eigenvalue weighted by molar-refractivity contribution is -0.120. The number of amides is 2. The van der Waals surface area contributed by atoms with Crippen LogP contribution in [-0.2, 0) is 11.2 Å². The van der Waals surface area contributed by atoms with Gasteiger partial charge in [0.15, 0.2) is 5.11 Å². The first kappa shape index (κ1) is 20.4. The van der Waals surface area contributed by atoms with E-state index in [1.54, 1.807) is 31.3 Å². The minimum Gasteiger partial charge on any atom is -0.494 e. The van der Waals surface area contributed by atoms with Crippen LogP contribution < -0.4 is 20.7 Å². The molecule has 0 saturated heterocycles. The highest BCUT2D eigenvalue weighted by atomic mass is 32.1. The van der Waals surface area contributed by atoms with Gasteiger partial charge < -0.3 is 15.4 Å². The Labute approximate surface area is 164 Å². The van der Waals surface area contributed by atoms with Gasteiger partial charge in [-0.2, -0.15) is 0 Å². The molecule has 0 bridgehead atoms. The number of ether oxygens (including phenoxy) is 1. The molecule has 0 atom stereocenters. The zero-order valence-corrected chi connectivity index (χ0v) is 16.2. The Bertz CT molecular complexity index is 789. The molecule has 7 heteroatoms. The number of hydrogen-bond acceptors (Lipinski definition) is 4. The average molecular weight is 385 g/mol. The summed E-state index contributed by atoms with van der Waals surface area (Å²) in [5, 5.41) is 8.43. The Kier molecular flexibility index (Phi) is 7.76. The molecular weight excluding hydrogens is 362 g/mol. The molecule has 2 amide bonds. The second-order valence-corrected chi connectivity index (χ2v) is 6.14. The van der Waals surface area contributed by atoms with Gasteiger partial charge in [-0.25, -0.2) is 0 Å². The van der Waals surface area contributed by atoms with Gasteiger partial charge in [-0.05, 0) is 67.5 Å². The first-order valence-electron chi connectivity index (χ1n) is 8.66. The Balaban J connectivity index is 1.85. The Hall–Kier alpha value is -2.93. The molecule has 0 aliphatic carbocycles. The molecule has 27 heavy (non-hydrogen) atoms. The van der Waals surface area contributed by atoms with Gasteiger partial charge in [0.05, 0.1) is 6.61 Å². The summed E-state index contributed by atoms with van der Waals surface area (Å²) in [5.41, 5.74) is 2.30. The molecule has 0 aliphatic rings. The van der Waals surface area contributed by atoms with Gasteiger partial charge in [-0.1, -0.05) is 12.1 Å². The number of thiocarbonyl (C=S) groups is 1. The molecule has 2 aromatic carbocycles. The van der Waals surface area contributed by atoms with Crippen molar-refractivity contribution in [2.75, 3.05) is 19.0 Å². The molecule has 2 rings (SSSR count). The van der Waals surface area contributed by atoms with E-state index in [0.717, 1.165) is 11.3 Å². The molecule has 0 aromatic heterocycles. The normalized spacial score (nSPS) is 10.0. The van der Waals surface area contributed by atoms with Crippen molar-refractivity contribution in [1.82, 2.24) is 10.6 Å². The fourth-order valence-electron chi connectivity index (χ4n) is 2.34. The van der Waals surface area contributed by atoms with Crippen LogP contribution in [0.15, 0.2) is 48.5 Å². The van der Waals surface area contributed by atoms with Crippen LogP contribution >= 0.6 is 12.2 Å². The zero-order valence-electron chi connectivity index (χ0n) is 15.4. The molecule has 3 N–H and O–H groups in total. The number of nitrogens with one attached hydrogen (secondary N) is 3. The van der Waals surface area contributed by atoms with Gasteiger partial charge in [0.25, 0.3) is 5.91 Å². The molecule has 0 heterocycles. The van der Waals surface area contributed by atoms with E-state index >= 15 is 0 Å². The topological polar surface area (TPSA) is 79.5 Å². The predicted molar refractivity (Wildman–Crippen MR) is 110 cm³/mol. The summed E-state index contributed by atoms with van der Waals surface area (Å²) in [5.74, 6) is 0.430. The molecule has 142 valence electrons. The highest BCUT2D eigenvalue weighted by Gasteiger charge is 2.08. The first-order chi connectivity index (χ1) is 13.0. The maximum absolute atomic E-state index is 12.2. The highest BCUT2D eigenvalue weighted by Crippen LogP contribution is 2.13. The molecule has 0 saturated carbocycles. The van der Waals surface area contributed by atoms with Crippen molar-refractivity contribution < 1.29 is 14.3 Å². The lowest BCUT2D eigenvalue weighted by Crippen LogP contribution is -2.34. The summed E-state index contributed by atoms with van der Waals surface area (Å²) in [7, 11) is 1.62. The maximum atomic E-state index is 12.2. The summed E-state index contributed by atoms with van der Waals surface area (Å²) >= 11 is 5.19. The number of carbonyl (C=O) groups excluding carboxylic acids is 2. The van der Waals surface area contributed by atoms with Crippen LogP contribution in [0.1, 0.15) is 29.3 Å². The van der Waals surface area contributed by atoms with Gasteiger partial charge in [-0.15, -0.1) is 0 Å². The van der Waals surface area contributed by atoms with Crippen molar-refractivity contribution in [1.29, 1.82) is 0 Å². The summed E-state index contributed by atoms with van der Waals surface area (Å²) < 4.78 is 5.36. The third kappa shape index (κ3) is 6.71. The van der Waals surface area contributed by atoms with E-state index in [0.29, 0.717) is 30.8 Å². The van der Waals surface area contributed by atoms with Crippen molar-refractivity contribution >= 4 is 34.8 Å². The average Bonchev–Trinajstić information content (AvgIpc) is 2.67. The summed E-state index contributed by atoms with van der Waals surface area (Å²) in [6, 6.07) is 14.4. The predicted octanol–water partition coefficient (Wildman–Crippen LogP) is 2.89. The number of anilines is 1. The smallest absolute Gasteiger partial charge is 0.257 e. The second-order valence-electron chi connectivity index (χ2n) is 5.74. The molecule has 0 aliphatic heterocycles. The monoisotopic (exact) mass is 385 g/mol. The van der Waals surface area contributed by atoms with E-state index in [9.17, 15) is 9.59 Å². The number of benzene rings is 2. The summed E-state index contributed by atoms with van der Waals surface area (Å²) in [4.78, 5) is 23.5. The Morgan fingerprint density at radius 2 is 1.70 bits per heavy atom. The van der Waals surface area contributed by atoms with E-state index in [2.05, 4.69) is 16.0 Å². The van der Waals surface area contributed by atoms with Gasteiger partial charge in [0.1, 0.15) is 5.75 Å². The fraction of sp³-hybridized carbons (Fsp3) is 0.250. The van der Waals surface area contributed by atoms with Crippen LogP contribution in [0.3, 0.4) is 0 Å². The van der Waals surface area contributed by atoms with Crippen LogP contribution in [-0.4, -0.2) is 30.6 Å². The number of aryl methyl sites for hydroxylation is 1. The van der Waals surface area contributed by atoms with Crippen LogP contribution in [0.25, 0.3) is 0 Å². The SMILES string of the molecule is CCOc1ccc(C(=O)NC(=S)Nc2ccc(CCC(=O)NC)cc2)cc1. The van der Waals surface area contributed by atoms with Crippen LogP contribution in [0, 0.1) is 0 Å². The molecular formula is C20H23N3O3S. The molecule has 0 radical (unpaired) electrons. The van der Waals surface area contributed by atoms with E-state index in [1.807, 2.05) is 31.2 Å². The minimum absolute atomic E-state index is 0.00961. The molecule has 2 aromatic rings. The number of carbonyl (C=O) groups is 2. The lowest BCUT2D eigenvalue weighted by atomic mass is 10.1. The standard InChI is InChI=1S/C20H23N3O3S/c1-3-26-17-11-7-15(8-12-17)19(25)23-20(27)22-16-9-4-14(5-10-16)6-13-18(24)21-2/h4-5,7-12H,3,6,13H2,1-2H3,(H,21,24)(H2,22,23,25,27). The largest absolute Gasteiger partial charge is 0.494 e. The molecule has 0 fully saturated rings. The fourth-order valence-corrected chi connectivity index (χ4v) is 2.55. The molecule has 0 spiro atoms. The van der Waals surface area contributed by atoms with Crippen LogP contribution in [0.4, 0.5) is 5.69 Å². The van der Waals surface area contributed by atoms with Crippen molar-refractivity contribution in [2.24, 2.45) is 0 Å². The second kappa shape index (κ2) is 10.3. The van der Waals surface area contributed by atoms with Gasteiger partial charge in [0.2, 0.25) is 5.91 Å². The molecule has 0 unspecified atom stereocenters. The lowest BCUT2D eigenvalue weighted by Gasteiger charge is -2.11. The van der Waals surface area contributed by atoms with Crippen molar-refractivity contribution in [3.05, 3.63) is 59.7 Å². The van der Waals surface area contributed by atoms with E-state index in [1.165, 1.54) is 0 Å². The maximum Gasteiger partial charge on any atom is 0.257 e. The van der Waals surface area contributed by atoms with Crippen molar-refractivity contribution in [2.45, 2.75) is 19.8 Å². The first-order valence-corrected chi connectivity index (χ1v) is 9.07. The van der Waals surface area contributed by atoms with Crippen LogP contribution in [0.5, 0.6) is 5.75 Å². The molecule has 6 nitrogen and oxygen atoms in total. The van der Waals surface area contributed by atoms with Crippen molar-refractivity contribution in [3.8, 4) is 5.75 Å². The van der Waals surface area contributed by atoms with E-state index in [4.69, 9.17) is 17.0 Å². The third-order valence-corrected chi connectivity index (χ3v) is 3.99. The van der Waals surface area contributed by atoms with Crippen LogP contribution in [0.2, 0.25) is 0 Å². The van der Waals surface area contributed by atoms with Gasteiger partial charge in [0, 0.05) is 24.7 Å². The quantitative estimate of drug-likeness (QED) is 0.639. The minimum atomic E-state index is -0.294. The van der Waals surface area contributed by atoms with Crippen molar-refractivity contribution in [3.63, 3.8) is 0 Å².